The predicted octanol–water partition coefficient (Wildman–Crippen LogP) is 5.52. The molecule has 1 aliphatic carbocycles. The third-order valence-electron chi connectivity index (χ3n) is 5.71. The highest BCUT2D eigenvalue weighted by molar-refractivity contribution is 7.98. The Kier molecular flexibility index (Phi) is 5.93. The number of benzene rings is 2. The monoisotopic (exact) mass is 464 g/mol. The van der Waals surface area contributed by atoms with Crippen LogP contribution in [0.15, 0.2) is 65.0 Å². The van der Waals surface area contributed by atoms with Gasteiger partial charge in [0.15, 0.2) is 5.78 Å². The highest BCUT2D eigenvalue weighted by Gasteiger charge is 2.37. The quantitative estimate of drug-likeness (QED) is 0.485. The van der Waals surface area contributed by atoms with Crippen LogP contribution in [-0.4, -0.2) is 26.7 Å². The number of halogens is 1. The van der Waals surface area contributed by atoms with Gasteiger partial charge in [0, 0.05) is 23.4 Å². The van der Waals surface area contributed by atoms with Gasteiger partial charge >= 0.3 is 0 Å². The summed E-state index contributed by atoms with van der Waals surface area (Å²) in [6.45, 7) is 3.97. The van der Waals surface area contributed by atoms with Gasteiger partial charge in [0.2, 0.25) is 11.1 Å². The second-order valence-electron chi connectivity index (χ2n) is 8.48. The fourth-order valence-electron chi connectivity index (χ4n) is 4.29. The molecule has 1 aromatic heterocycles. The zero-order valence-electron chi connectivity index (χ0n) is 18.5. The first-order valence-electron chi connectivity index (χ1n) is 11.1. The van der Waals surface area contributed by atoms with Gasteiger partial charge in [0.05, 0.1) is 6.10 Å². The molecule has 0 spiro atoms. The van der Waals surface area contributed by atoms with Crippen LogP contribution in [0.3, 0.4) is 0 Å². The molecule has 1 unspecified atom stereocenters. The molecule has 5 rings (SSSR count). The van der Waals surface area contributed by atoms with Crippen LogP contribution in [0.4, 0.5) is 10.3 Å². The lowest BCUT2D eigenvalue weighted by Crippen LogP contribution is -2.31. The molecule has 2 aromatic carbocycles. The zero-order chi connectivity index (χ0) is 22.9. The Hall–Kier alpha value is -3.13. The topological polar surface area (TPSA) is 69.0 Å². The first kappa shape index (κ1) is 21.7. The van der Waals surface area contributed by atoms with Crippen molar-refractivity contribution in [3.63, 3.8) is 0 Å². The van der Waals surface area contributed by atoms with Crippen molar-refractivity contribution >= 4 is 23.5 Å². The molecular formula is C25H25FN4O2S. The molecule has 8 heteroatoms. The molecule has 0 saturated carbocycles. The number of ether oxygens (including phenoxy) is 1. The third-order valence-corrected chi connectivity index (χ3v) is 6.60. The summed E-state index contributed by atoms with van der Waals surface area (Å²) in [5.74, 6) is 1.66. The number of nitrogens with one attached hydrogen (secondary N) is 1. The third kappa shape index (κ3) is 4.39. The average Bonchev–Trinajstić information content (AvgIpc) is 3.19. The Morgan fingerprint density at radius 3 is 2.88 bits per heavy atom. The van der Waals surface area contributed by atoms with Gasteiger partial charge in [-0.3, -0.25) is 4.79 Å². The standard InChI is InChI=1S/C25H25FN4O2S/c1-15(2)32-18-9-5-8-16(13-18)23-22-20(11-6-12-21(22)31)27-24-28-25(29-30(23)24)33-14-17-7-3-4-10-19(17)26/h3-5,7-10,13,15,23H,6,11-12,14H2,1-2H3,(H,27,28,29). The number of Topliss-reactive ketones (excluding diaryl/α,β-unsaturated/α-hetero) is 1. The maximum Gasteiger partial charge on any atom is 0.227 e. The number of hydrogen-bond acceptors (Lipinski definition) is 6. The smallest absolute Gasteiger partial charge is 0.227 e. The molecule has 2 heterocycles. The first-order valence-corrected chi connectivity index (χ1v) is 12.1. The van der Waals surface area contributed by atoms with Crippen molar-refractivity contribution < 1.29 is 13.9 Å². The number of ketones is 1. The van der Waals surface area contributed by atoms with Crippen molar-refractivity contribution in [1.29, 1.82) is 0 Å². The van der Waals surface area contributed by atoms with E-state index in [0.717, 1.165) is 35.4 Å². The van der Waals surface area contributed by atoms with Gasteiger partial charge in [-0.1, -0.05) is 42.1 Å². The number of aromatic nitrogens is 3. The molecule has 1 N–H and O–H groups in total. The number of nitrogens with zero attached hydrogens (tertiary/aromatic N) is 3. The largest absolute Gasteiger partial charge is 0.491 e. The van der Waals surface area contributed by atoms with Crippen molar-refractivity contribution in [2.24, 2.45) is 0 Å². The van der Waals surface area contributed by atoms with Crippen LogP contribution < -0.4 is 10.1 Å². The van der Waals surface area contributed by atoms with Crippen molar-refractivity contribution in [3.8, 4) is 5.75 Å². The van der Waals surface area contributed by atoms with E-state index in [1.807, 2.05) is 44.2 Å². The van der Waals surface area contributed by atoms with Crippen LogP contribution in [0.5, 0.6) is 5.75 Å². The molecule has 0 amide bonds. The minimum absolute atomic E-state index is 0.0441. The number of fused-ring (bicyclic) bond motifs is 1. The van der Waals surface area contributed by atoms with Crippen molar-refractivity contribution in [2.45, 2.75) is 56.2 Å². The predicted molar refractivity (Wildman–Crippen MR) is 126 cm³/mol. The number of rotatable bonds is 6. The lowest BCUT2D eigenvalue weighted by Gasteiger charge is -2.32. The second kappa shape index (κ2) is 9.02. The summed E-state index contributed by atoms with van der Waals surface area (Å²) in [6.07, 6.45) is 2.18. The summed E-state index contributed by atoms with van der Waals surface area (Å²) < 4.78 is 21.7. The van der Waals surface area contributed by atoms with Gasteiger partial charge in [-0.05, 0) is 56.0 Å². The van der Waals surface area contributed by atoms with Crippen molar-refractivity contribution in [1.82, 2.24) is 14.8 Å². The highest BCUT2D eigenvalue weighted by atomic mass is 32.2. The average molecular weight is 465 g/mol. The minimum atomic E-state index is -0.380. The van der Waals surface area contributed by atoms with Gasteiger partial charge in [-0.15, -0.1) is 5.10 Å². The Morgan fingerprint density at radius 1 is 1.21 bits per heavy atom. The lowest BCUT2D eigenvalue weighted by molar-refractivity contribution is -0.116. The van der Waals surface area contributed by atoms with E-state index >= 15 is 0 Å². The zero-order valence-corrected chi connectivity index (χ0v) is 19.4. The molecule has 2 aliphatic rings. The van der Waals surface area contributed by atoms with E-state index in [2.05, 4.69) is 10.3 Å². The number of carbonyl (C=O) groups excluding carboxylic acids is 1. The maximum atomic E-state index is 14.0. The number of anilines is 1. The van der Waals surface area contributed by atoms with E-state index in [9.17, 15) is 9.18 Å². The Bertz CT molecular complexity index is 1240. The van der Waals surface area contributed by atoms with E-state index in [-0.39, 0.29) is 23.7 Å². The molecule has 1 atom stereocenters. The fourth-order valence-corrected chi connectivity index (χ4v) is 5.11. The summed E-state index contributed by atoms with van der Waals surface area (Å²) in [5, 5.41) is 8.60. The van der Waals surface area contributed by atoms with Gasteiger partial charge in [0.1, 0.15) is 17.6 Å². The van der Waals surface area contributed by atoms with E-state index < -0.39 is 0 Å². The van der Waals surface area contributed by atoms with Crippen molar-refractivity contribution in [2.75, 3.05) is 5.32 Å². The molecule has 3 aromatic rings. The summed E-state index contributed by atoms with van der Waals surface area (Å²) >= 11 is 1.37. The van der Waals surface area contributed by atoms with Gasteiger partial charge in [-0.25, -0.2) is 9.07 Å². The number of carbonyl (C=O) groups is 1. The van der Waals surface area contributed by atoms with E-state index in [1.165, 1.54) is 17.8 Å². The molecule has 0 bridgehead atoms. The highest BCUT2D eigenvalue weighted by Crippen LogP contribution is 2.41. The number of allylic oxidation sites excluding steroid dienone is 2. The van der Waals surface area contributed by atoms with Crippen LogP contribution in [0, 0.1) is 5.82 Å². The van der Waals surface area contributed by atoms with Crippen LogP contribution in [0.2, 0.25) is 0 Å². The normalized spacial score (nSPS) is 17.6. The molecule has 0 saturated heterocycles. The summed E-state index contributed by atoms with van der Waals surface area (Å²) in [5.41, 5.74) is 3.18. The second-order valence-corrected chi connectivity index (χ2v) is 9.42. The lowest BCUT2D eigenvalue weighted by atomic mass is 9.85. The Morgan fingerprint density at radius 2 is 2.06 bits per heavy atom. The minimum Gasteiger partial charge on any atom is -0.491 e. The summed E-state index contributed by atoms with van der Waals surface area (Å²) in [7, 11) is 0. The fraction of sp³-hybridized carbons (Fsp3) is 0.320. The molecule has 0 radical (unpaired) electrons. The number of hydrogen-bond donors (Lipinski definition) is 1. The van der Waals surface area contributed by atoms with Crippen LogP contribution in [0.1, 0.15) is 50.3 Å². The Balaban J connectivity index is 1.51. The summed E-state index contributed by atoms with van der Waals surface area (Å²) in [6, 6.07) is 14.2. The van der Waals surface area contributed by atoms with Gasteiger partial charge < -0.3 is 10.1 Å². The van der Waals surface area contributed by atoms with E-state index in [4.69, 9.17) is 9.84 Å². The molecule has 6 nitrogen and oxygen atoms in total. The van der Waals surface area contributed by atoms with Gasteiger partial charge in [0.25, 0.3) is 0 Å². The van der Waals surface area contributed by atoms with Crippen LogP contribution in [0.25, 0.3) is 0 Å². The number of thioether (sulfide) groups is 1. The molecule has 170 valence electrons. The SMILES string of the molecule is CC(C)Oc1cccc(C2C3=C(CCCC3=O)Nc3nc(SCc4ccccc4F)nn32)c1. The molecular weight excluding hydrogens is 439 g/mol. The molecule has 33 heavy (non-hydrogen) atoms. The Labute approximate surface area is 196 Å². The van der Waals surface area contributed by atoms with Crippen LogP contribution >= 0.6 is 11.8 Å². The molecule has 0 fully saturated rings. The maximum absolute atomic E-state index is 14.0. The van der Waals surface area contributed by atoms with E-state index in [1.54, 1.807) is 16.8 Å². The van der Waals surface area contributed by atoms with Crippen molar-refractivity contribution in [3.05, 3.63) is 76.7 Å². The first-order chi connectivity index (χ1) is 16.0. The molecule has 1 aliphatic heterocycles. The van der Waals surface area contributed by atoms with E-state index in [0.29, 0.717) is 28.8 Å². The summed E-state index contributed by atoms with van der Waals surface area (Å²) in [4.78, 5) is 17.7. The van der Waals surface area contributed by atoms with Crippen LogP contribution in [-0.2, 0) is 10.5 Å². The van der Waals surface area contributed by atoms with Gasteiger partial charge in [-0.2, -0.15) is 4.98 Å².